The molecule has 23 heavy (non-hydrogen) atoms. The van der Waals surface area contributed by atoms with Gasteiger partial charge in [0.1, 0.15) is 0 Å². The van der Waals surface area contributed by atoms with Gasteiger partial charge in [0, 0.05) is 17.4 Å². The number of carbonyl (C=O) groups is 1. The second kappa shape index (κ2) is 5.74. The minimum atomic E-state index is -4.25. The Kier molecular flexibility index (Phi) is 3.90. The van der Waals surface area contributed by atoms with E-state index in [0.717, 1.165) is 18.9 Å². The van der Waals surface area contributed by atoms with Gasteiger partial charge in [0.05, 0.1) is 16.9 Å². The van der Waals surface area contributed by atoms with E-state index in [-0.39, 0.29) is 23.1 Å². The summed E-state index contributed by atoms with van der Waals surface area (Å²) in [6.07, 6.45) is 0.113. The number of carboxylic acid groups (broad SMARTS) is 1. The number of sulfonamides is 1. The monoisotopic (exact) mass is 358 g/mol. The molecule has 1 fully saturated rings. The fourth-order valence-corrected chi connectivity index (χ4v) is 3.58. The van der Waals surface area contributed by atoms with Crippen LogP contribution in [0.5, 0.6) is 0 Å². The second-order valence-electron chi connectivity index (χ2n) is 4.89. The van der Waals surface area contributed by atoms with E-state index in [1.54, 1.807) is 0 Å². The highest BCUT2D eigenvalue weighted by molar-refractivity contribution is 7.92. The minimum Gasteiger partial charge on any atom is -0.465 e. The van der Waals surface area contributed by atoms with E-state index in [4.69, 9.17) is 5.11 Å². The van der Waals surface area contributed by atoms with Crippen LogP contribution in [0.2, 0.25) is 0 Å². The summed E-state index contributed by atoms with van der Waals surface area (Å²) in [5, 5.41) is 11.5. The topological polar surface area (TPSA) is 121 Å². The van der Waals surface area contributed by atoms with E-state index in [1.807, 2.05) is 5.32 Å². The summed E-state index contributed by atoms with van der Waals surface area (Å²) in [7, 11) is -4.25. The molecule has 0 spiro atoms. The van der Waals surface area contributed by atoms with Crippen molar-refractivity contribution in [3.8, 4) is 0 Å². The van der Waals surface area contributed by atoms with Gasteiger partial charge >= 0.3 is 6.09 Å². The molecule has 1 amide bonds. The number of halogens is 1. The average Bonchev–Trinajstić information content (AvgIpc) is 3.16. The number of aromatic nitrogens is 2. The highest BCUT2D eigenvalue weighted by Crippen LogP contribution is 2.43. The van der Waals surface area contributed by atoms with Gasteiger partial charge in [0.15, 0.2) is 11.6 Å². The van der Waals surface area contributed by atoms with Gasteiger partial charge in [-0.2, -0.15) is 8.42 Å². The highest BCUT2D eigenvalue weighted by atomic mass is 32.2. The zero-order chi connectivity index (χ0) is 16.6. The van der Waals surface area contributed by atoms with Crippen molar-refractivity contribution in [1.82, 2.24) is 9.97 Å². The van der Waals surface area contributed by atoms with Gasteiger partial charge in [-0.25, -0.2) is 19.2 Å². The quantitative estimate of drug-likeness (QED) is 0.755. The molecule has 2 aromatic heterocycles. The fourth-order valence-electron chi connectivity index (χ4n) is 2.01. The number of thiazole rings is 1. The zero-order valence-electron chi connectivity index (χ0n) is 11.5. The summed E-state index contributed by atoms with van der Waals surface area (Å²) >= 11 is 1.18. The van der Waals surface area contributed by atoms with E-state index in [2.05, 4.69) is 14.7 Å². The molecule has 0 aliphatic heterocycles. The van der Waals surface area contributed by atoms with Crippen LogP contribution in [0.15, 0.2) is 22.0 Å². The van der Waals surface area contributed by atoms with Gasteiger partial charge < -0.3 is 5.11 Å². The van der Waals surface area contributed by atoms with Crippen molar-refractivity contribution in [3.05, 3.63) is 28.5 Å². The largest absolute Gasteiger partial charge is 0.465 e. The molecule has 11 heteroatoms. The minimum absolute atomic E-state index is 0.0369. The zero-order valence-corrected chi connectivity index (χ0v) is 13.1. The summed E-state index contributed by atoms with van der Waals surface area (Å²) in [6.45, 7) is 0. The van der Waals surface area contributed by atoms with Crippen LogP contribution < -0.4 is 10.0 Å². The van der Waals surface area contributed by atoms with Crippen LogP contribution in [0.25, 0.3) is 0 Å². The molecule has 0 aromatic carbocycles. The molecule has 1 saturated carbocycles. The van der Waals surface area contributed by atoms with E-state index in [9.17, 15) is 17.6 Å². The van der Waals surface area contributed by atoms with Crippen molar-refractivity contribution >= 4 is 39.0 Å². The summed E-state index contributed by atoms with van der Waals surface area (Å²) in [4.78, 5) is 18.4. The first-order valence-electron chi connectivity index (χ1n) is 6.48. The molecule has 3 N–H and O–H groups in total. The SMILES string of the molecule is O=C(O)Nc1cc(F)c(S(=O)(=O)Nc2cscn2)nc1C1CC1. The molecule has 0 saturated heterocycles. The number of anilines is 2. The molecular weight excluding hydrogens is 347 g/mol. The molecule has 122 valence electrons. The first kappa shape index (κ1) is 15.6. The first-order chi connectivity index (χ1) is 10.9. The molecule has 0 radical (unpaired) electrons. The number of amides is 1. The van der Waals surface area contributed by atoms with E-state index in [1.165, 1.54) is 22.2 Å². The first-order valence-corrected chi connectivity index (χ1v) is 8.91. The molecule has 0 atom stereocenters. The standard InChI is InChI=1S/C12H11FN4O4S2/c13-7-3-8(15-12(18)19)10(6-1-2-6)16-11(7)23(20,21)17-9-4-22-5-14-9/h3-6,15,17H,1-2H2,(H,18,19). The molecule has 1 aliphatic carbocycles. The lowest BCUT2D eigenvalue weighted by molar-refractivity contribution is 0.209. The van der Waals surface area contributed by atoms with Crippen molar-refractivity contribution < 1.29 is 22.7 Å². The van der Waals surface area contributed by atoms with Gasteiger partial charge in [0.25, 0.3) is 10.0 Å². The lowest BCUT2D eigenvalue weighted by atomic mass is 10.2. The predicted octanol–water partition coefficient (Wildman–Crippen LogP) is 2.45. The Balaban J connectivity index is 2.02. The molecule has 0 unspecified atom stereocenters. The maximum atomic E-state index is 14.2. The number of pyridine rings is 1. The Bertz CT molecular complexity index is 850. The number of rotatable bonds is 5. The van der Waals surface area contributed by atoms with Crippen LogP contribution in [0.3, 0.4) is 0 Å². The number of nitrogens with one attached hydrogen (secondary N) is 2. The maximum Gasteiger partial charge on any atom is 0.409 e. The van der Waals surface area contributed by atoms with Gasteiger partial charge in [-0.05, 0) is 12.8 Å². The van der Waals surface area contributed by atoms with Crippen molar-refractivity contribution in [2.75, 3.05) is 10.0 Å². The van der Waals surface area contributed by atoms with Gasteiger partial charge in [-0.3, -0.25) is 10.0 Å². The van der Waals surface area contributed by atoms with Crippen LogP contribution in [0.1, 0.15) is 24.5 Å². The smallest absolute Gasteiger partial charge is 0.409 e. The number of hydrogen-bond acceptors (Lipinski definition) is 6. The maximum absolute atomic E-state index is 14.2. The van der Waals surface area contributed by atoms with Crippen molar-refractivity contribution in [2.45, 2.75) is 23.8 Å². The fraction of sp³-hybridized carbons (Fsp3) is 0.250. The Morgan fingerprint density at radius 2 is 2.17 bits per heavy atom. The summed E-state index contributed by atoms with van der Waals surface area (Å²) in [6, 6.07) is 0.838. The van der Waals surface area contributed by atoms with Crippen molar-refractivity contribution in [2.24, 2.45) is 0 Å². The normalized spacial score (nSPS) is 14.5. The molecular formula is C12H11FN4O4S2. The lowest BCUT2D eigenvalue weighted by Crippen LogP contribution is -2.19. The average molecular weight is 358 g/mol. The van der Waals surface area contributed by atoms with Crippen LogP contribution in [0.4, 0.5) is 20.7 Å². The predicted molar refractivity (Wildman–Crippen MR) is 80.7 cm³/mol. The lowest BCUT2D eigenvalue weighted by Gasteiger charge is -2.12. The summed E-state index contributed by atoms with van der Waals surface area (Å²) in [5.74, 6) is -1.15. The molecule has 8 nitrogen and oxygen atoms in total. The Labute approximate surface area is 134 Å². The van der Waals surface area contributed by atoms with Crippen LogP contribution in [0, 0.1) is 5.82 Å². The Morgan fingerprint density at radius 1 is 1.43 bits per heavy atom. The van der Waals surface area contributed by atoms with Gasteiger partial charge in [-0.1, -0.05) is 0 Å². The van der Waals surface area contributed by atoms with Crippen LogP contribution in [-0.2, 0) is 10.0 Å². The third-order valence-electron chi connectivity index (χ3n) is 3.10. The van der Waals surface area contributed by atoms with Crippen molar-refractivity contribution in [3.63, 3.8) is 0 Å². The highest BCUT2D eigenvalue weighted by Gasteiger charge is 2.32. The van der Waals surface area contributed by atoms with E-state index >= 15 is 0 Å². The van der Waals surface area contributed by atoms with E-state index < -0.39 is 27.0 Å². The van der Waals surface area contributed by atoms with Gasteiger partial charge in [0.2, 0.25) is 5.03 Å². The third kappa shape index (κ3) is 3.40. The molecule has 1 aliphatic rings. The van der Waals surface area contributed by atoms with Crippen LogP contribution in [-0.4, -0.2) is 29.6 Å². The molecule has 3 rings (SSSR count). The molecule has 2 heterocycles. The summed E-state index contributed by atoms with van der Waals surface area (Å²) < 4.78 is 40.8. The Morgan fingerprint density at radius 3 is 2.74 bits per heavy atom. The number of nitrogens with zero attached hydrogens (tertiary/aromatic N) is 2. The molecule has 0 bridgehead atoms. The van der Waals surface area contributed by atoms with Crippen LogP contribution >= 0.6 is 11.3 Å². The second-order valence-corrected chi connectivity index (χ2v) is 7.21. The van der Waals surface area contributed by atoms with Gasteiger partial charge in [-0.15, -0.1) is 11.3 Å². The number of hydrogen-bond donors (Lipinski definition) is 3. The summed E-state index contributed by atoms with van der Waals surface area (Å²) in [5.41, 5.74) is 1.62. The van der Waals surface area contributed by atoms with Crippen molar-refractivity contribution in [1.29, 1.82) is 0 Å². The van der Waals surface area contributed by atoms with E-state index in [0.29, 0.717) is 0 Å². The third-order valence-corrected chi connectivity index (χ3v) is 4.96. The Hall–Kier alpha value is -2.27. The molecule has 2 aromatic rings.